The summed E-state index contributed by atoms with van der Waals surface area (Å²) < 4.78 is 77.0. The number of methoxy groups -OCH3 is 1. The van der Waals surface area contributed by atoms with E-state index in [-0.39, 0.29) is 30.3 Å². The Morgan fingerprint density at radius 3 is 2.44 bits per heavy atom. The Bertz CT molecular complexity index is 686. The molecule has 0 spiro atoms. The zero-order valence-corrected chi connectivity index (χ0v) is 14.3. The maximum absolute atomic E-state index is 12.2. The number of ether oxygens (including phenoxy) is 3. The fourth-order valence-corrected chi connectivity index (χ4v) is 2.02. The molecule has 0 aromatic heterocycles. The van der Waals surface area contributed by atoms with Gasteiger partial charge in [-0.15, -0.1) is 0 Å². The fourth-order valence-electron chi connectivity index (χ4n) is 1.65. The van der Waals surface area contributed by atoms with Crippen LogP contribution in [0.4, 0.5) is 13.2 Å². The summed E-state index contributed by atoms with van der Waals surface area (Å²) in [6.45, 7) is -2.36. The summed E-state index contributed by atoms with van der Waals surface area (Å²) in [5.74, 6) is -0.587. The number of halogens is 3. The smallest absolute Gasteiger partial charge is 0.422 e. The number of hydrogen-bond donors (Lipinski definition) is 0. The van der Waals surface area contributed by atoms with Gasteiger partial charge in [0.05, 0.1) is 32.1 Å². The molecule has 0 heterocycles. The van der Waals surface area contributed by atoms with Gasteiger partial charge in [-0.25, -0.2) is 0 Å². The van der Waals surface area contributed by atoms with Gasteiger partial charge >= 0.3 is 6.18 Å². The van der Waals surface area contributed by atoms with E-state index in [1.54, 1.807) is 0 Å². The highest BCUT2D eigenvalue weighted by Crippen LogP contribution is 2.26. The molecular formula is C14H17F3O7S. The van der Waals surface area contributed by atoms with Gasteiger partial charge in [0.15, 0.2) is 12.4 Å². The average molecular weight is 386 g/mol. The minimum absolute atomic E-state index is 0.0220. The molecule has 0 bridgehead atoms. The second-order valence-electron chi connectivity index (χ2n) is 4.77. The average Bonchev–Trinajstić information content (AvgIpc) is 2.50. The van der Waals surface area contributed by atoms with Crippen LogP contribution in [0.1, 0.15) is 10.4 Å². The summed E-state index contributed by atoms with van der Waals surface area (Å²) in [5.41, 5.74) is -0.0220. The molecule has 25 heavy (non-hydrogen) atoms. The summed E-state index contributed by atoms with van der Waals surface area (Å²) in [4.78, 5) is 12.1. The van der Waals surface area contributed by atoms with E-state index in [1.807, 2.05) is 0 Å². The maximum Gasteiger partial charge on any atom is 0.422 e. The lowest BCUT2D eigenvalue weighted by Crippen LogP contribution is -2.19. The molecule has 0 aliphatic rings. The molecule has 1 rings (SSSR count). The van der Waals surface area contributed by atoms with E-state index < -0.39 is 35.3 Å². The highest BCUT2D eigenvalue weighted by molar-refractivity contribution is 7.85. The minimum atomic E-state index is -4.51. The van der Waals surface area contributed by atoms with E-state index in [0.717, 1.165) is 12.3 Å². The molecule has 0 saturated carbocycles. The zero-order chi connectivity index (χ0) is 19.1. The second kappa shape index (κ2) is 9.02. The van der Waals surface area contributed by atoms with Crippen LogP contribution in [0.15, 0.2) is 18.2 Å². The van der Waals surface area contributed by atoms with Crippen molar-refractivity contribution in [2.75, 3.05) is 39.8 Å². The van der Waals surface area contributed by atoms with Crippen LogP contribution in [-0.4, -0.2) is 60.2 Å². The van der Waals surface area contributed by atoms with Crippen molar-refractivity contribution in [3.8, 4) is 11.5 Å². The van der Waals surface area contributed by atoms with Crippen molar-refractivity contribution >= 4 is 15.9 Å². The number of hydrogen-bond acceptors (Lipinski definition) is 7. The molecule has 11 heteroatoms. The number of ketones is 1. The van der Waals surface area contributed by atoms with Crippen LogP contribution in [-0.2, 0) is 19.0 Å². The third kappa shape index (κ3) is 8.70. The normalized spacial score (nSPS) is 12.0. The minimum Gasteiger partial charge on any atom is -0.496 e. The highest BCUT2D eigenvalue weighted by atomic mass is 32.2. The van der Waals surface area contributed by atoms with Gasteiger partial charge in [0.2, 0.25) is 0 Å². The Labute approximate surface area is 142 Å². The quantitative estimate of drug-likeness (QED) is 0.344. The molecule has 7 nitrogen and oxygen atoms in total. The third-order valence-electron chi connectivity index (χ3n) is 2.63. The summed E-state index contributed by atoms with van der Waals surface area (Å²) in [5, 5.41) is 0. The molecule has 0 unspecified atom stereocenters. The predicted octanol–water partition coefficient (Wildman–Crippen LogP) is 1.81. The van der Waals surface area contributed by atoms with Crippen LogP contribution in [0.5, 0.6) is 11.5 Å². The highest BCUT2D eigenvalue weighted by Gasteiger charge is 2.28. The van der Waals surface area contributed by atoms with Crippen LogP contribution in [0.2, 0.25) is 0 Å². The van der Waals surface area contributed by atoms with Crippen molar-refractivity contribution in [3.63, 3.8) is 0 Å². The van der Waals surface area contributed by atoms with E-state index in [2.05, 4.69) is 8.92 Å². The van der Waals surface area contributed by atoms with Gasteiger partial charge in [0, 0.05) is 0 Å². The lowest BCUT2D eigenvalue weighted by molar-refractivity contribution is -0.153. The SMILES string of the molecule is COc1ccc(OCC(F)(F)F)cc1C(=O)COCCOS(C)(=O)=O. The van der Waals surface area contributed by atoms with Crippen molar-refractivity contribution in [3.05, 3.63) is 23.8 Å². The lowest BCUT2D eigenvalue weighted by atomic mass is 10.1. The Hall–Kier alpha value is -1.85. The molecule has 0 fully saturated rings. The van der Waals surface area contributed by atoms with E-state index >= 15 is 0 Å². The summed E-state index contributed by atoms with van der Waals surface area (Å²) in [6.07, 6.45) is -3.64. The Morgan fingerprint density at radius 2 is 1.88 bits per heavy atom. The van der Waals surface area contributed by atoms with Crippen LogP contribution >= 0.6 is 0 Å². The molecule has 0 radical (unpaired) electrons. The van der Waals surface area contributed by atoms with Gasteiger partial charge in [-0.1, -0.05) is 0 Å². The standard InChI is InChI=1S/C14H17F3O7S/c1-21-13-4-3-10(23-9-14(15,16)17)7-11(13)12(18)8-22-5-6-24-25(2,19)20/h3-4,7H,5-6,8-9H2,1-2H3. The number of carbonyl (C=O) groups excluding carboxylic acids is 1. The molecule has 1 aromatic carbocycles. The monoisotopic (exact) mass is 386 g/mol. The van der Waals surface area contributed by atoms with Crippen molar-refractivity contribution in [2.45, 2.75) is 6.18 Å². The van der Waals surface area contributed by atoms with E-state index in [0.29, 0.717) is 0 Å². The first-order valence-corrected chi connectivity index (χ1v) is 8.66. The summed E-state index contributed by atoms with van der Waals surface area (Å²) in [6, 6.07) is 3.65. The third-order valence-corrected chi connectivity index (χ3v) is 3.23. The number of carbonyl (C=O) groups is 1. The molecule has 0 amide bonds. The van der Waals surface area contributed by atoms with Gasteiger partial charge in [-0.2, -0.15) is 21.6 Å². The fraction of sp³-hybridized carbons (Fsp3) is 0.500. The Kier molecular flexibility index (Phi) is 7.64. The first kappa shape index (κ1) is 21.2. The van der Waals surface area contributed by atoms with Crippen molar-refractivity contribution in [2.24, 2.45) is 0 Å². The second-order valence-corrected chi connectivity index (χ2v) is 6.41. The molecule has 0 aliphatic heterocycles. The van der Waals surface area contributed by atoms with Crippen molar-refractivity contribution < 1.29 is 44.8 Å². The molecule has 1 aromatic rings. The van der Waals surface area contributed by atoms with Crippen LogP contribution in [0, 0.1) is 0 Å². The predicted molar refractivity (Wildman–Crippen MR) is 80.5 cm³/mol. The molecule has 0 aliphatic carbocycles. The van der Waals surface area contributed by atoms with E-state index in [4.69, 9.17) is 9.47 Å². The number of benzene rings is 1. The van der Waals surface area contributed by atoms with E-state index in [1.165, 1.54) is 19.2 Å². The number of alkyl halides is 3. The zero-order valence-electron chi connectivity index (χ0n) is 13.5. The molecule has 0 N–H and O–H groups in total. The molecule has 0 atom stereocenters. The van der Waals surface area contributed by atoms with Crippen LogP contribution in [0.3, 0.4) is 0 Å². The summed E-state index contributed by atoms with van der Waals surface area (Å²) >= 11 is 0. The molecule has 0 saturated heterocycles. The lowest BCUT2D eigenvalue weighted by Gasteiger charge is -2.12. The van der Waals surface area contributed by atoms with Gasteiger partial charge in [-0.05, 0) is 18.2 Å². The van der Waals surface area contributed by atoms with Gasteiger partial charge in [0.25, 0.3) is 10.1 Å². The van der Waals surface area contributed by atoms with Gasteiger partial charge in [0.1, 0.15) is 18.1 Å². The van der Waals surface area contributed by atoms with Gasteiger partial charge in [-0.3, -0.25) is 8.98 Å². The first-order chi connectivity index (χ1) is 11.5. The largest absolute Gasteiger partial charge is 0.496 e. The number of rotatable bonds is 10. The van der Waals surface area contributed by atoms with Crippen molar-refractivity contribution in [1.29, 1.82) is 0 Å². The molecule has 142 valence electrons. The maximum atomic E-state index is 12.2. The van der Waals surface area contributed by atoms with Gasteiger partial charge < -0.3 is 14.2 Å². The van der Waals surface area contributed by atoms with E-state index in [9.17, 15) is 26.4 Å². The Morgan fingerprint density at radius 1 is 1.20 bits per heavy atom. The number of Topliss-reactive ketones (excluding diaryl/α,β-unsaturated/α-hetero) is 1. The van der Waals surface area contributed by atoms with Crippen LogP contribution in [0.25, 0.3) is 0 Å². The van der Waals surface area contributed by atoms with Crippen LogP contribution < -0.4 is 9.47 Å². The topological polar surface area (TPSA) is 88.1 Å². The van der Waals surface area contributed by atoms with Crippen molar-refractivity contribution in [1.82, 2.24) is 0 Å². The summed E-state index contributed by atoms with van der Waals surface area (Å²) in [7, 11) is -2.31. The Balaban J connectivity index is 2.65. The molecular weight excluding hydrogens is 369 g/mol. The first-order valence-electron chi connectivity index (χ1n) is 6.85.